The zero-order valence-corrected chi connectivity index (χ0v) is 12.1. The minimum Gasteiger partial charge on any atom is -0.454 e. The molecule has 1 amide bonds. The van der Waals surface area contributed by atoms with Crippen molar-refractivity contribution in [1.29, 1.82) is 0 Å². The zero-order chi connectivity index (χ0) is 14.8. The summed E-state index contributed by atoms with van der Waals surface area (Å²) in [7, 11) is 0. The molecule has 5 nitrogen and oxygen atoms in total. The van der Waals surface area contributed by atoms with Gasteiger partial charge in [-0.1, -0.05) is 13.0 Å². The van der Waals surface area contributed by atoms with Crippen LogP contribution in [0.4, 0.5) is 0 Å². The molecule has 2 aliphatic rings. The molecule has 0 aliphatic carbocycles. The molecule has 112 valence electrons. The molecule has 1 fully saturated rings. The average molecular weight is 288 g/mol. The lowest BCUT2D eigenvalue weighted by Crippen LogP contribution is -2.47. The van der Waals surface area contributed by atoms with Gasteiger partial charge >= 0.3 is 0 Å². The number of hydrogen-bond donors (Lipinski definition) is 1. The van der Waals surface area contributed by atoms with Gasteiger partial charge in [-0.05, 0) is 36.1 Å². The first kappa shape index (κ1) is 13.9. The van der Waals surface area contributed by atoms with E-state index in [4.69, 9.17) is 15.2 Å². The predicted molar refractivity (Wildman–Crippen MR) is 79.9 cm³/mol. The van der Waals surface area contributed by atoms with E-state index >= 15 is 0 Å². The normalized spacial score (nSPS) is 24.6. The minimum atomic E-state index is 0.0337. The van der Waals surface area contributed by atoms with Crippen LogP contribution >= 0.6 is 0 Å². The van der Waals surface area contributed by atoms with Crippen LogP contribution in [-0.2, 0) is 4.79 Å². The van der Waals surface area contributed by atoms with Crippen LogP contribution in [0.15, 0.2) is 24.3 Å². The Bertz CT molecular complexity index is 571. The summed E-state index contributed by atoms with van der Waals surface area (Å²) >= 11 is 0. The van der Waals surface area contributed by atoms with Gasteiger partial charge in [-0.15, -0.1) is 0 Å². The second-order valence-corrected chi connectivity index (χ2v) is 5.66. The van der Waals surface area contributed by atoms with Crippen molar-refractivity contribution in [2.45, 2.75) is 19.4 Å². The molecule has 0 aromatic heterocycles. The van der Waals surface area contributed by atoms with Gasteiger partial charge in [-0.2, -0.15) is 0 Å². The summed E-state index contributed by atoms with van der Waals surface area (Å²) in [5, 5.41) is 0. The largest absolute Gasteiger partial charge is 0.454 e. The molecule has 2 N–H and O–H groups in total. The number of piperidine rings is 1. The zero-order valence-electron chi connectivity index (χ0n) is 12.1. The highest BCUT2D eigenvalue weighted by molar-refractivity contribution is 5.92. The van der Waals surface area contributed by atoms with Crippen molar-refractivity contribution >= 4 is 12.0 Å². The molecule has 5 heteroatoms. The fourth-order valence-electron chi connectivity index (χ4n) is 2.65. The monoisotopic (exact) mass is 288 g/mol. The maximum Gasteiger partial charge on any atom is 0.246 e. The number of ether oxygens (including phenoxy) is 2. The van der Waals surface area contributed by atoms with Crippen molar-refractivity contribution in [1.82, 2.24) is 4.90 Å². The Hall–Kier alpha value is -2.01. The van der Waals surface area contributed by atoms with E-state index in [0.29, 0.717) is 5.92 Å². The van der Waals surface area contributed by atoms with Crippen LogP contribution in [0.3, 0.4) is 0 Å². The van der Waals surface area contributed by atoms with Crippen LogP contribution in [0.2, 0.25) is 0 Å². The Morgan fingerprint density at radius 3 is 3.00 bits per heavy atom. The lowest BCUT2D eigenvalue weighted by molar-refractivity contribution is -0.127. The molecule has 21 heavy (non-hydrogen) atoms. The number of nitrogens with zero attached hydrogens (tertiary/aromatic N) is 1. The van der Waals surface area contributed by atoms with Crippen molar-refractivity contribution in [3.63, 3.8) is 0 Å². The van der Waals surface area contributed by atoms with E-state index in [1.165, 1.54) is 0 Å². The Labute approximate surface area is 124 Å². The number of rotatable bonds is 2. The number of benzene rings is 1. The average Bonchev–Trinajstić information content (AvgIpc) is 2.95. The maximum absolute atomic E-state index is 12.2. The van der Waals surface area contributed by atoms with Crippen molar-refractivity contribution in [2.75, 3.05) is 19.9 Å². The molecule has 1 aromatic carbocycles. The van der Waals surface area contributed by atoms with E-state index in [2.05, 4.69) is 6.92 Å². The second-order valence-electron chi connectivity index (χ2n) is 5.66. The number of hydrogen-bond acceptors (Lipinski definition) is 4. The summed E-state index contributed by atoms with van der Waals surface area (Å²) in [6, 6.07) is 5.84. The number of likely N-dealkylation sites (tertiary alicyclic amines) is 1. The predicted octanol–water partition coefficient (Wildman–Crippen LogP) is 1.62. The Balaban J connectivity index is 1.64. The highest BCUT2D eigenvalue weighted by Crippen LogP contribution is 2.32. The van der Waals surface area contributed by atoms with Crippen LogP contribution in [0.5, 0.6) is 11.5 Å². The summed E-state index contributed by atoms with van der Waals surface area (Å²) in [4.78, 5) is 14.1. The van der Waals surface area contributed by atoms with Gasteiger partial charge in [-0.25, -0.2) is 0 Å². The van der Waals surface area contributed by atoms with E-state index in [0.717, 1.165) is 36.6 Å². The molecule has 2 aliphatic heterocycles. The summed E-state index contributed by atoms with van der Waals surface area (Å²) in [5.74, 6) is 1.85. The lowest BCUT2D eigenvalue weighted by Gasteiger charge is -2.34. The van der Waals surface area contributed by atoms with Gasteiger partial charge in [0.2, 0.25) is 12.7 Å². The highest BCUT2D eigenvalue weighted by atomic mass is 16.7. The van der Waals surface area contributed by atoms with E-state index in [-0.39, 0.29) is 18.7 Å². The first-order valence-electron chi connectivity index (χ1n) is 7.26. The minimum absolute atomic E-state index is 0.0337. The van der Waals surface area contributed by atoms with Gasteiger partial charge in [0.05, 0.1) is 0 Å². The van der Waals surface area contributed by atoms with Gasteiger partial charge < -0.3 is 20.1 Å². The molecule has 2 unspecified atom stereocenters. The van der Waals surface area contributed by atoms with Crippen molar-refractivity contribution in [2.24, 2.45) is 11.7 Å². The van der Waals surface area contributed by atoms with Crippen LogP contribution in [0.1, 0.15) is 18.9 Å². The van der Waals surface area contributed by atoms with Gasteiger partial charge in [0.15, 0.2) is 11.5 Å². The van der Waals surface area contributed by atoms with Crippen LogP contribution in [-0.4, -0.2) is 36.7 Å². The standard InChI is InChI=1S/C16H20N2O3/c1-11-9-18(7-6-13(11)17)16(19)5-3-12-2-4-14-15(8-12)21-10-20-14/h2-5,8,11,13H,6-7,9-10,17H2,1H3. The van der Waals surface area contributed by atoms with Crippen LogP contribution in [0, 0.1) is 5.92 Å². The summed E-state index contributed by atoms with van der Waals surface area (Å²) in [5.41, 5.74) is 6.90. The highest BCUT2D eigenvalue weighted by Gasteiger charge is 2.25. The van der Waals surface area contributed by atoms with Crippen molar-refractivity contribution in [3.8, 4) is 11.5 Å². The van der Waals surface area contributed by atoms with Crippen molar-refractivity contribution in [3.05, 3.63) is 29.8 Å². The molecule has 1 aromatic rings. The Morgan fingerprint density at radius 1 is 1.38 bits per heavy atom. The number of fused-ring (bicyclic) bond motifs is 1. The molecule has 0 bridgehead atoms. The second kappa shape index (κ2) is 5.77. The molecule has 1 saturated heterocycles. The van der Waals surface area contributed by atoms with Gasteiger partial charge in [-0.3, -0.25) is 4.79 Å². The fraction of sp³-hybridized carbons (Fsp3) is 0.438. The number of amides is 1. The topological polar surface area (TPSA) is 64.8 Å². The maximum atomic E-state index is 12.2. The first-order chi connectivity index (χ1) is 10.1. The third-order valence-electron chi connectivity index (χ3n) is 4.10. The van der Waals surface area contributed by atoms with Crippen LogP contribution in [0.25, 0.3) is 6.08 Å². The third-order valence-corrected chi connectivity index (χ3v) is 4.10. The number of carbonyl (C=O) groups excluding carboxylic acids is 1. The van der Waals surface area contributed by atoms with Gasteiger partial charge in [0.1, 0.15) is 0 Å². The molecule has 2 heterocycles. The van der Waals surface area contributed by atoms with E-state index < -0.39 is 0 Å². The first-order valence-corrected chi connectivity index (χ1v) is 7.26. The van der Waals surface area contributed by atoms with E-state index in [1.54, 1.807) is 6.08 Å². The number of carbonyl (C=O) groups is 1. The smallest absolute Gasteiger partial charge is 0.246 e. The van der Waals surface area contributed by atoms with E-state index in [9.17, 15) is 4.79 Å². The molecular weight excluding hydrogens is 268 g/mol. The lowest BCUT2D eigenvalue weighted by atomic mass is 9.95. The third kappa shape index (κ3) is 3.03. The molecule has 0 saturated carbocycles. The Kier molecular flexibility index (Phi) is 3.84. The summed E-state index contributed by atoms with van der Waals surface area (Å²) in [6.45, 7) is 3.81. The van der Waals surface area contributed by atoms with Crippen LogP contribution < -0.4 is 15.2 Å². The Morgan fingerprint density at radius 2 is 2.19 bits per heavy atom. The molecule has 2 atom stereocenters. The number of nitrogens with two attached hydrogens (primary N) is 1. The molecular formula is C16H20N2O3. The summed E-state index contributed by atoms with van der Waals surface area (Å²) in [6.07, 6.45) is 4.29. The van der Waals surface area contributed by atoms with Gasteiger partial charge in [0, 0.05) is 25.2 Å². The van der Waals surface area contributed by atoms with E-state index in [1.807, 2.05) is 29.2 Å². The summed E-state index contributed by atoms with van der Waals surface area (Å²) < 4.78 is 10.6. The van der Waals surface area contributed by atoms with Gasteiger partial charge in [0.25, 0.3) is 0 Å². The quantitative estimate of drug-likeness (QED) is 0.840. The molecule has 0 radical (unpaired) electrons. The van der Waals surface area contributed by atoms with Crippen molar-refractivity contribution < 1.29 is 14.3 Å². The molecule has 0 spiro atoms. The fourth-order valence-corrected chi connectivity index (χ4v) is 2.65. The molecule has 3 rings (SSSR count). The SMILES string of the molecule is CC1CN(C(=O)C=Cc2ccc3c(c2)OCO3)CCC1N.